The summed E-state index contributed by atoms with van der Waals surface area (Å²) in [7, 11) is 0. The lowest BCUT2D eigenvalue weighted by Gasteiger charge is -2.57. The number of ketones is 1. The van der Waals surface area contributed by atoms with E-state index < -0.39 is 0 Å². The quantitative estimate of drug-likeness (QED) is 0.697. The molecular formula is C26H40NO4+. The Morgan fingerprint density at radius 1 is 1.10 bits per heavy atom. The third-order valence-corrected chi connectivity index (χ3v) is 10.0. The summed E-state index contributed by atoms with van der Waals surface area (Å²) >= 11 is 0. The monoisotopic (exact) mass is 430 g/mol. The Morgan fingerprint density at radius 2 is 1.90 bits per heavy atom. The number of morpholine rings is 1. The normalized spacial score (nSPS) is 42.9. The molecule has 4 aliphatic carbocycles. The standard InChI is InChI=1S/C26H39NO4/c1-25-10-7-19(28)17-18(25)3-4-20-21-5-6-23(26(21,2)11-8-22(20)25)31-24(29)9-12-27-13-15-30-16-14-27/h17,20-23H,3-16H2,1-2H3/p+1/t20-,21-,22+,23-,25-,26-/m0/s1. The lowest BCUT2D eigenvalue weighted by Crippen LogP contribution is -3.14. The molecule has 0 bridgehead atoms. The van der Waals surface area contributed by atoms with Gasteiger partial charge in [-0.2, -0.15) is 0 Å². The van der Waals surface area contributed by atoms with Crippen LogP contribution >= 0.6 is 0 Å². The van der Waals surface area contributed by atoms with Gasteiger partial charge < -0.3 is 14.4 Å². The van der Waals surface area contributed by atoms with Crippen LogP contribution < -0.4 is 4.90 Å². The highest BCUT2D eigenvalue weighted by Gasteiger charge is 2.59. The van der Waals surface area contributed by atoms with Crippen molar-refractivity contribution in [1.29, 1.82) is 0 Å². The van der Waals surface area contributed by atoms with Gasteiger partial charge >= 0.3 is 5.97 Å². The minimum Gasteiger partial charge on any atom is -0.462 e. The minimum atomic E-state index is -0.000362. The smallest absolute Gasteiger partial charge is 0.311 e. The first-order valence-corrected chi connectivity index (χ1v) is 12.7. The molecule has 5 rings (SSSR count). The molecule has 0 unspecified atom stereocenters. The number of esters is 1. The van der Waals surface area contributed by atoms with Crippen molar-refractivity contribution in [2.45, 2.75) is 77.7 Å². The summed E-state index contributed by atoms with van der Waals surface area (Å²) in [6.45, 7) is 9.32. The van der Waals surface area contributed by atoms with Crippen LogP contribution in [0.2, 0.25) is 0 Å². The average Bonchev–Trinajstić information content (AvgIpc) is 3.10. The van der Waals surface area contributed by atoms with E-state index in [1.807, 2.05) is 6.08 Å². The molecule has 0 aromatic carbocycles. The fourth-order valence-electron chi connectivity index (χ4n) is 8.11. The number of fused-ring (bicyclic) bond motifs is 5. The molecule has 0 aromatic heterocycles. The fraction of sp³-hybridized carbons (Fsp3) is 0.846. The number of carbonyl (C=O) groups is 2. The van der Waals surface area contributed by atoms with Gasteiger partial charge in [0.1, 0.15) is 19.2 Å². The number of quaternary nitrogens is 1. The maximum atomic E-state index is 12.7. The number of allylic oxidation sites excluding steroid dienone is 1. The number of hydrogen-bond acceptors (Lipinski definition) is 4. The molecule has 0 radical (unpaired) electrons. The van der Waals surface area contributed by atoms with Crippen LogP contribution in [0, 0.1) is 28.6 Å². The molecule has 5 heteroatoms. The van der Waals surface area contributed by atoms with E-state index in [0.717, 1.165) is 70.9 Å². The molecule has 5 nitrogen and oxygen atoms in total. The zero-order chi connectivity index (χ0) is 21.6. The predicted molar refractivity (Wildman–Crippen MR) is 118 cm³/mol. The van der Waals surface area contributed by atoms with E-state index in [1.165, 1.54) is 29.7 Å². The van der Waals surface area contributed by atoms with Crippen LogP contribution in [0.3, 0.4) is 0 Å². The van der Waals surface area contributed by atoms with Crippen LogP contribution in [-0.2, 0) is 19.1 Å². The Labute approximate surface area is 186 Å². The highest BCUT2D eigenvalue weighted by Crippen LogP contribution is 2.65. The lowest BCUT2D eigenvalue weighted by molar-refractivity contribution is -0.907. The second-order valence-electron chi connectivity index (χ2n) is 11.4. The first-order chi connectivity index (χ1) is 14.9. The van der Waals surface area contributed by atoms with E-state index in [0.29, 0.717) is 24.0 Å². The van der Waals surface area contributed by atoms with Gasteiger partial charge in [0.25, 0.3) is 0 Å². The molecule has 4 fully saturated rings. The summed E-state index contributed by atoms with van der Waals surface area (Å²) in [5.41, 5.74) is 1.78. The largest absolute Gasteiger partial charge is 0.462 e. The van der Waals surface area contributed by atoms with E-state index in [-0.39, 0.29) is 22.9 Å². The van der Waals surface area contributed by atoms with Crippen LogP contribution in [0.5, 0.6) is 0 Å². The number of carbonyl (C=O) groups excluding carboxylic acids is 2. The Morgan fingerprint density at radius 3 is 2.71 bits per heavy atom. The highest BCUT2D eigenvalue weighted by atomic mass is 16.5. The van der Waals surface area contributed by atoms with Crippen molar-refractivity contribution in [3.8, 4) is 0 Å². The van der Waals surface area contributed by atoms with Gasteiger partial charge in [0.05, 0.1) is 26.2 Å². The molecule has 6 atom stereocenters. The van der Waals surface area contributed by atoms with Crippen LogP contribution in [0.15, 0.2) is 11.6 Å². The molecule has 1 aliphatic heterocycles. The summed E-state index contributed by atoms with van der Waals surface area (Å²) < 4.78 is 11.6. The van der Waals surface area contributed by atoms with E-state index in [4.69, 9.17) is 9.47 Å². The van der Waals surface area contributed by atoms with E-state index in [1.54, 1.807) is 0 Å². The number of rotatable bonds is 4. The van der Waals surface area contributed by atoms with Gasteiger partial charge in [-0.15, -0.1) is 0 Å². The Bertz CT molecular complexity index is 757. The van der Waals surface area contributed by atoms with Gasteiger partial charge in [-0.25, -0.2) is 0 Å². The molecular weight excluding hydrogens is 390 g/mol. The first-order valence-electron chi connectivity index (χ1n) is 12.7. The van der Waals surface area contributed by atoms with Crippen molar-refractivity contribution in [3.05, 3.63) is 11.6 Å². The van der Waals surface area contributed by atoms with Crippen molar-refractivity contribution < 1.29 is 24.0 Å². The van der Waals surface area contributed by atoms with Crippen molar-refractivity contribution in [2.75, 3.05) is 32.8 Å². The fourth-order valence-corrected chi connectivity index (χ4v) is 8.11. The Kier molecular flexibility index (Phi) is 5.79. The molecule has 1 N–H and O–H groups in total. The number of hydrogen-bond donors (Lipinski definition) is 1. The SMILES string of the molecule is C[C@]12CC[C@@H]3[C@@H](CCC4=CC(=O)CC[C@@]43C)[C@@H]1CC[C@@H]2OC(=O)CC[NH+]1CCOCC1. The van der Waals surface area contributed by atoms with Gasteiger partial charge in [0.15, 0.2) is 5.78 Å². The molecule has 31 heavy (non-hydrogen) atoms. The number of ether oxygens (including phenoxy) is 2. The second kappa shape index (κ2) is 8.30. The zero-order valence-corrected chi connectivity index (χ0v) is 19.4. The van der Waals surface area contributed by atoms with Gasteiger partial charge in [0, 0.05) is 11.8 Å². The van der Waals surface area contributed by atoms with Crippen molar-refractivity contribution >= 4 is 11.8 Å². The molecule has 5 aliphatic rings. The van der Waals surface area contributed by atoms with Gasteiger partial charge in [0.2, 0.25) is 0 Å². The molecule has 3 saturated carbocycles. The predicted octanol–water partition coefficient (Wildman–Crippen LogP) is 2.74. The topological polar surface area (TPSA) is 57.0 Å². The van der Waals surface area contributed by atoms with Crippen LogP contribution in [0.1, 0.15) is 71.6 Å². The third kappa shape index (κ3) is 3.80. The van der Waals surface area contributed by atoms with Gasteiger partial charge in [-0.3, -0.25) is 9.59 Å². The summed E-state index contributed by atoms with van der Waals surface area (Å²) in [5.74, 6) is 2.40. The average molecular weight is 431 g/mol. The summed E-state index contributed by atoms with van der Waals surface area (Å²) in [4.78, 5) is 26.2. The maximum absolute atomic E-state index is 12.7. The Balaban J connectivity index is 1.23. The molecule has 172 valence electrons. The maximum Gasteiger partial charge on any atom is 0.311 e. The summed E-state index contributed by atoms with van der Waals surface area (Å²) in [6.07, 6.45) is 11.2. The zero-order valence-electron chi connectivity index (χ0n) is 19.4. The van der Waals surface area contributed by atoms with E-state index in [2.05, 4.69) is 13.8 Å². The summed E-state index contributed by atoms with van der Waals surface area (Å²) in [5, 5.41) is 0. The molecule has 0 aromatic rings. The van der Waals surface area contributed by atoms with Crippen molar-refractivity contribution in [2.24, 2.45) is 28.6 Å². The minimum absolute atomic E-state index is 0.000362. The Hall–Kier alpha value is -1.20. The first kappa shape index (κ1) is 21.6. The molecule has 1 saturated heterocycles. The molecule has 0 spiro atoms. The van der Waals surface area contributed by atoms with Crippen LogP contribution in [0.25, 0.3) is 0 Å². The summed E-state index contributed by atoms with van der Waals surface area (Å²) in [6, 6.07) is 0. The third-order valence-electron chi connectivity index (χ3n) is 10.0. The van der Waals surface area contributed by atoms with Gasteiger partial charge in [-0.1, -0.05) is 19.4 Å². The van der Waals surface area contributed by atoms with E-state index >= 15 is 0 Å². The molecule has 0 amide bonds. The second-order valence-corrected chi connectivity index (χ2v) is 11.4. The van der Waals surface area contributed by atoms with Crippen LogP contribution in [0.4, 0.5) is 0 Å². The molecule has 1 heterocycles. The van der Waals surface area contributed by atoms with Crippen molar-refractivity contribution in [1.82, 2.24) is 0 Å². The van der Waals surface area contributed by atoms with Crippen molar-refractivity contribution in [3.63, 3.8) is 0 Å². The van der Waals surface area contributed by atoms with E-state index in [9.17, 15) is 9.59 Å². The lowest BCUT2D eigenvalue weighted by atomic mass is 9.47. The van der Waals surface area contributed by atoms with Gasteiger partial charge in [-0.05, 0) is 74.2 Å². The highest BCUT2D eigenvalue weighted by molar-refractivity contribution is 5.91. The van der Waals surface area contributed by atoms with Crippen LogP contribution in [-0.4, -0.2) is 50.7 Å². The number of nitrogens with one attached hydrogen (secondary N) is 1.